The third-order valence-electron chi connectivity index (χ3n) is 3.33. The maximum Gasteiger partial charge on any atom is 0.237 e. The summed E-state index contributed by atoms with van der Waals surface area (Å²) in [6.07, 6.45) is 3.97. The lowest BCUT2D eigenvalue weighted by Gasteiger charge is -2.28. The molecular formula is C13H20N4O. The van der Waals surface area contributed by atoms with Crippen molar-refractivity contribution in [3.05, 3.63) is 23.8 Å². The molecule has 1 fully saturated rings. The van der Waals surface area contributed by atoms with Crippen LogP contribution in [0.1, 0.15) is 31.3 Å². The van der Waals surface area contributed by atoms with Crippen LogP contribution in [0.25, 0.3) is 0 Å². The van der Waals surface area contributed by atoms with Gasteiger partial charge in [-0.3, -0.25) is 4.79 Å². The van der Waals surface area contributed by atoms with Crippen LogP contribution in [0.15, 0.2) is 12.3 Å². The lowest BCUT2D eigenvalue weighted by molar-refractivity contribution is -0.125. The number of piperidine rings is 1. The minimum absolute atomic E-state index is 0.0679. The highest BCUT2D eigenvalue weighted by Gasteiger charge is 2.26. The summed E-state index contributed by atoms with van der Waals surface area (Å²) in [6.45, 7) is 5.35. The van der Waals surface area contributed by atoms with Crippen LogP contribution in [-0.4, -0.2) is 28.5 Å². The summed E-state index contributed by atoms with van der Waals surface area (Å²) in [6, 6.07) is 1.76. The molecule has 2 heterocycles. The van der Waals surface area contributed by atoms with Crippen LogP contribution in [0.3, 0.4) is 0 Å². The SMILES string of the molecule is Cc1nccc(CNC(=O)C2NCCCC2C)n1. The zero-order chi connectivity index (χ0) is 13.0. The van der Waals surface area contributed by atoms with Crippen LogP contribution in [0, 0.1) is 12.8 Å². The number of hydrogen-bond acceptors (Lipinski definition) is 4. The average molecular weight is 248 g/mol. The van der Waals surface area contributed by atoms with Gasteiger partial charge in [0.2, 0.25) is 5.91 Å². The van der Waals surface area contributed by atoms with Gasteiger partial charge in [0.25, 0.3) is 0 Å². The maximum absolute atomic E-state index is 12.0. The van der Waals surface area contributed by atoms with Gasteiger partial charge in [-0.05, 0) is 38.3 Å². The second kappa shape index (κ2) is 5.91. The molecule has 2 rings (SSSR count). The van der Waals surface area contributed by atoms with E-state index < -0.39 is 0 Å². The fraction of sp³-hybridized carbons (Fsp3) is 0.615. The summed E-state index contributed by atoms with van der Waals surface area (Å²) >= 11 is 0. The molecule has 1 aliphatic rings. The number of hydrogen-bond donors (Lipinski definition) is 2. The molecule has 0 aromatic carbocycles. The Bertz CT molecular complexity index is 421. The lowest BCUT2D eigenvalue weighted by atomic mass is 9.92. The summed E-state index contributed by atoms with van der Waals surface area (Å²) < 4.78 is 0. The monoisotopic (exact) mass is 248 g/mol. The highest BCUT2D eigenvalue weighted by atomic mass is 16.2. The minimum Gasteiger partial charge on any atom is -0.349 e. The predicted octanol–water partition coefficient (Wildman–Crippen LogP) is 0.789. The molecule has 2 N–H and O–H groups in total. The molecule has 1 aliphatic heterocycles. The summed E-state index contributed by atoms with van der Waals surface area (Å²) in [5, 5.41) is 6.21. The average Bonchev–Trinajstić information content (AvgIpc) is 2.37. The molecule has 5 nitrogen and oxygen atoms in total. The zero-order valence-electron chi connectivity index (χ0n) is 10.9. The molecule has 98 valence electrons. The summed E-state index contributed by atoms with van der Waals surface area (Å²) in [7, 11) is 0. The zero-order valence-corrected chi connectivity index (χ0v) is 10.9. The molecule has 1 amide bonds. The highest BCUT2D eigenvalue weighted by Crippen LogP contribution is 2.15. The molecule has 1 aromatic rings. The van der Waals surface area contributed by atoms with E-state index >= 15 is 0 Å². The number of rotatable bonds is 3. The van der Waals surface area contributed by atoms with E-state index in [9.17, 15) is 4.79 Å². The quantitative estimate of drug-likeness (QED) is 0.830. The molecule has 2 atom stereocenters. The van der Waals surface area contributed by atoms with Gasteiger partial charge in [-0.2, -0.15) is 0 Å². The van der Waals surface area contributed by atoms with Crippen LogP contribution < -0.4 is 10.6 Å². The van der Waals surface area contributed by atoms with Crippen LogP contribution in [0.4, 0.5) is 0 Å². The third kappa shape index (κ3) is 3.26. The van der Waals surface area contributed by atoms with Crippen molar-refractivity contribution in [2.45, 2.75) is 39.3 Å². The van der Waals surface area contributed by atoms with Crippen molar-refractivity contribution in [1.29, 1.82) is 0 Å². The number of amides is 1. The van der Waals surface area contributed by atoms with Gasteiger partial charge in [0.15, 0.2) is 0 Å². The Labute approximate surface area is 107 Å². The smallest absolute Gasteiger partial charge is 0.237 e. The number of aromatic nitrogens is 2. The summed E-state index contributed by atoms with van der Waals surface area (Å²) in [5.41, 5.74) is 0.847. The Morgan fingerprint density at radius 1 is 1.61 bits per heavy atom. The van der Waals surface area contributed by atoms with Crippen molar-refractivity contribution in [1.82, 2.24) is 20.6 Å². The van der Waals surface area contributed by atoms with Gasteiger partial charge >= 0.3 is 0 Å². The second-order valence-corrected chi connectivity index (χ2v) is 4.86. The molecule has 2 unspecified atom stereocenters. The third-order valence-corrected chi connectivity index (χ3v) is 3.33. The summed E-state index contributed by atoms with van der Waals surface area (Å²) in [4.78, 5) is 20.3. The standard InChI is InChI=1S/C13H20N4O/c1-9-4-3-6-15-12(9)13(18)16-8-11-5-7-14-10(2)17-11/h5,7,9,12,15H,3-4,6,8H2,1-2H3,(H,16,18). The fourth-order valence-electron chi connectivity index (χ4n) is 2.29. The van der Waals surface area contributed by atoms with Crippen molar-refractivity contribution in [2.24, 2.45) is 5.92 Å². The van der Waals surface area contributed by atoms with E-state index in [2.05, 4.69) is 27.5 Å². The Kier molecular flexibility index (Phi) is 4.25. The molecule has 0 spiro atoms. The van der Waals surface area contributed by atoms with Crippen LogP contribution in [0.5, 0.6) is 0 Å². The number of aryl methyl sites for hydroxylation is 1. The minimum atomic E-state index is -0.0679. The van der Waals surface area contributed by atoms with E-state index in [0.29, 0.717) is 12.5 Å². The molecule has 5 heteroatoms. The first kappa shape index (κ1) is 13.0. The Morgan fingerprint density at radius 3 is 3.17 bits per heavy atom. The number of carbonyl (C=O) groups is 1. The van der Waals surface area contributed by atoms with Crippen LogP contribution >= 0.6 is 0 Å². The van der Waals surface area contributed by atoms with Gasteiger partial charge in [-0.1, -0.05) is 6.92 Å². The van der Waals surface area contributed by atoms with Crippen molar-refractivity contribution in [3.63, 3.8) is 0 Å². The summed E-state index contributed by atoms with van der Waals surface area (Å²) in [5.74, 6) is 1.19. The van der Waals surface area contributed by atoms with Gasteiger partial charge in [0.1, 0.15) is 5.82 Å². The first-order chi connectivity index (χ1) is 8.66. The molecule has 1 saturated heterocycles. The predicted molar refractivity (Wildman–Crippen MR) is 68.8 cm³/mol. The molecule has 0 aliphatic carbocycles. The van der Waals surface area contributed by atoms with E-state index in [4.69, 9.17) is 0 Å². The van der Waals surface area contributed by atoms with Crippen molar-refractivity contribution >= 4 is 5.91 Å². The molecule has 1 aromatic heterocycles. The number of nitrogens with one attached hydrogen (secondary N) is 2. The first-order valence-corrected chi connectivity index (χ1v) is 6.46. The first-order valence-electron chi connectivity index (χ1n) is 6.46. The largest absolute Gasteiger partial charge is 0.349 e. The maximum atomic E-state index is 12.0. The molecule has 0 saturated carbocycles. The van der Waals surface area contributed by atoms with Crippen molar-refractivity contribution in [3.8, 4) is 0 Å². The van der Waals surface area contributed by atoms with Crippen LogP contribution in [0.2, 0.25) is 0 Å². The number of nitrogens with zero attached hydrogens (tertiary/aromatic N) is 2. The molecule has 0 bridgehead atoms. The van der Waals surface area contributed by atoms with E-state index in [0.717, 1.165) is 30.9 Å². The second-order valence-electron chi connectivity index (χ2n) is 4.86. The topological polar surface area (TPSA) is 66.9 Å². The van der Waals surface area contributed by atoms with Crippen LogP contribution in [-0.2, 0) is 11.3 Å². The molecular weight excluding hydrogens is 228 g/mol. The number of carbonyl (C=O) groups excluding carboxylic acids is 1. The van der Waals surface area contributed by atoms with E-state index in [-0.39, 0.29) is 11.9 Å². The fourth-order valence-corrected chi connectivity index (χ4v) is 2.29. The van der Waals surface area contributed by atoms with Gasteiger partial charge in [-0.15, -0.1) is 0 Å². The van der Waals surface area contributed by atoms with Crippen molar-refractivity contribution in [2.75, 3.05) is 6.54 Å². The Morgan fingerprint density at radius 2 is 2.44 bits per heavy atom. The van der Waals surface area contributed by atoms with Crippen molar-refractivity contribution < 1.29 is 4.79 Å². The normalized spacial score (nSPS) is 23.7. The Hall–Kier alpha value is -1.49. The van der Waals surface area contributed by atoms with Gasteiger partial charge in [-0.25, -0.2) is 9.97 Å². The van der Waals surface area contributed by atoms with E-state index in [1.54, 1.807) is 6.20 Å². The van der Waals surface area contributed by atoms with Gasteiger partial charge in [0, 0.05) is 6.20 Å². The highest BCUT2D eigenvalue weighted by molar-refractivity contribution is 5.82. The lowest BCUT2D eigenvalue weighted by Crippen LogP contribution is -2.50. The van der Waals surface area contributed by atoms with Gasteiger partial charge in [0.05, 0.1) is 18.3 Å². The Balaban J connectivity index is 1.88. The molecule has 0 radical (unpaired) electrons. The van der Waals surface area contributed by atoms with Gasteiger partial charge < -0.3 is 10.6 Å². The molecule has 18 heavy (non-hydrogen) atoms. The van der Waals surface area contributed by atoms with E-state index in [1.165, 1.54) is 0 Å². The van der Waals surface area contributed by atoms with E-state index in [1.807, 2.05) is 13.0 Å².